The van der Waals surface area contributed by atoms with E-state index < -0.39 is 17.9 Å². The molecular weight excluding hydrogens is 300 g/mol. The number of nitrogens with zero attached hydrogens (tertiary/aromatic N) is 1. The molecule has 23 heavy (non-hydrogen) atoms. The van der Waals surface area contributed by atoms with E-state index in [0.29, 0.717) is 11.4 Å². The first-order valence-electron chi connectivity index (χ1n) is 6.61. The van der Waals surface area contributed by atoms with Crippen molar-refractivity contribution in [3.05, 3.63) is 36.0 Å². The molecule has 1 rings (SSSR count). The number of hydrogen-bond acceptors (Lipinski definition) is 5. The largest absolute Gasteiger partial charge is 0.480 e. The third kappa shape index (κ3) is 5.89. The van der Waals surface area contributed by atoms with Crippen LogP contribution in [0.3, 0.4) is 0 Å². The van der Waals surface area contributed by atoms with E-state index in [0.717, 1.165) is 6.20 Å². The summed E-state index contributed by atoms with van der Waals surface area (Å²) in [5.41, 5.74) is 0.740. The number of amides is 2. The summed E-state index contributed by atoms with van der Waals surface area (Å²) in [5.74, 6) is -1.99. The van der Waals surface area contributed by atoms with Crippen LogP contribution in [0, 0.1) is 11.3 Å². The van der Waals surface area contributed by atoms with Crippen LogP contribution >= 0.6 is 0 Å². The van der Waals surface area contributed by atoms with Gasteiger partial charge in [0.25, 0.3) is 5.91 Å². The summed E-state index contributed by atoms with van der Waals surface area (Å²) in [6, 6.07) is 7.07. The number of nitriles is 1. The van der Waals surface area contributed by atoms with Gasteiger partial charge in [0.15, 0.2) is 0 Å². The highest BCUT2D eigenvalue weighted by Gasteiger charge is 2.12. The molecule has 0 spiro atoms. The van der Waals surface area contributed by atoms with Crippen molar-refractivity contribution in [1.29, 1.82) is 5.26 Å². The summed E-state index contributed by atoms with van der Waals surface area (Å²) >= 11 is 0. The van der Waals surface area contributed by atoms with Gasteiger partial charge in [-0.15, -0.1) is 0 Å². The molecule has 0 aliphatic heterocycles. The summed E-state index contributed by atoms with van der Waals surface area (Å²) in [4.78, 5) is 33.5. The van der Waals surface area contributed by atoms with E-state index >= 15 is 0 Å². The maximum atomic E-state index is 11.9. The van der Waals surface area contributed by atoms with Gasteiger partial charge in [0.2, 0.25) is 5.91 Å². The Kier molecular flexibility index (Phi) is 6.30. The van der Waals surface area contributed by atoms with Crippen LogP contribution in [0.15, 0.2) is 36.0 Å². The summed E-state index contributed by atoms with van der Waals surface area (Å²) in [6.07, 6.45) is 1.06. The van der Waals surface area contributed by atoms with Crippen LogP contribution in [-0.4, -0.2) is 28.9 Å². The molecule has 1 aromatic rings. The van der Waals surface area contributed by atoms with Crippen LogP contribution in [0.25, 0.3) is 0 Å². The molecule has 0 aromatic heterocycles. The number of carboxylic acid groups (broad SMARTS) is 1. The van der Waals surface area contributed by atoms with Crippen molar-refractivity contribution in [3.8, 4) is 6.07 Å². The van der Waals surface area contributed by atoms with Crippen molar-refractivity contribution >= 4 is 29.2 Å². The summed E-state index contributed by atoms with van der Waals surface area (Å²) in [7, 11) is 0. The van der Waals surface area contributed by atoms with Crippen LogP contribution < -0.4 is 16.0 Å². The Hall–Kier alpha value is -3.34. The van der Waals surface area contributed by atoms with Crippen molar-refractivity contribution in [2.75, 3.05) is 10.6 Å². The van der Waals surface area contributed by atoms with Crippen LogP contribution in [0.2, 0.25) is 0 Å². The number of carbonyl (C=O) groups is 3. The number of benzene rings is 1. The van der Waals surface area contributed by atoms with Gasteiger partial charge in [-0.1, -0.05) is 0 Å². The van der Waals surface area contributed by atoms with Crippen LogP contribution in [0.4, 0.5) is 11.4 Å². The highest BCUT2D eigenvalue weighted by Crippen LogP contribution is 2.14. The Morgan fingerprint density at radius 1 is 1.17 bits per heavy atom. The SMILES string of the molecule is CC(=O)Nc1ccc(NC(=O)/C(C#N)=C\NC(C)C(=O)O)cc1. The maximum Gasteiger partial charge on any atom is 0.325 e. The molecule has 8 heteroatoms. The van der Waals surface area contributed by atoms with Crippen LogP contribution in [0.1, 0.15) is 13.8 Å². The molecule has 2 amide bonds. The van der Waals surface area contributed by atoms with E-state index in [9.17, 15) is 14.4 Å². The number of anilines is 2. The molecule has 4 N–H and O–H groups in total. The normalized spacial score (nSPS) is 11.8. The number of hydrogen-bond donors (Lipinski definition) is 4. The molecule has 0 bridgehead atoms. The molecule has 0 heterocycles. The zero-order valence-corrected chi connectivity index (χ0v) is 12.6. The van der Waals surface area contributed by atoms with Gasteiger partial charge in [-0.05, 0) is 31.2 Å². The monoisotopic (exact) mass is 316 g/mol. The summed E-state index contributed by atoms with van der Waals surface area (Å²) in [5, 5.41) is 25.2. The standard InChI is InChI=1S/C15H16N4O4/c1-9(15(22)23)17-8-11(7-16)14(21)19-13-5-3-12(4-6-13)18-10(2)20/h3-6,8-9,17H,1-2H3,(H,18,20)(H,19,21)(H,22,23)/b11-8-. The van der Waals surface area contributed by atoms with Crippen molar-refractivity contribution < 1.29 is 19.5 Å². The van der Waals surface area contributed by atoms with Gasteiger partial charge in [0, 0.05) is 24.5 Å². The van der Waals surface area contributed by atoms with Crippen molar-refractivity contribution in [1.82, 2.24) is 5.32 Å². The molecule has 1 aromatic carbocycles. The first kappa shape index (κ1) is 17.7. The molecular formula is C15H16N4O4. The fourth-order valence-corrected chi connectivity index (χ4v) is 1.47. The van der Waals surface area contributed by atoms with Crippen LogP contribution in [-0.2, 0) is 14.4 Å². The number of aliphatic carboxylic acids is 1. The molecule has 120 valence electrons. The predicted octanol–water partition coefficient (Wildman–Crippen LogP) is 1.05. The number of rotatable bonds is 6. The minimum absolute atomic E-state index is 0.213. The second kappa shape index (κ2) is 8.19. The molecule has 1 unspecified atom stereocenters. The molecule has 0 saturated carbocycles. The van der Waals surface area contributed by atoms with Gasteiger partial charge in [-0.25, -0.2) is 0 Å². The zero-order valence-electron chi connectivity index (χ0n) is 12.6. The van der Waals surface area contributed by atoms with Gasteiger partial charge < -0.3 is 21.1 Å². The van der Waals surface area contributed by atoms with Crippen molar-refractivity contribution in [2.24, 2.45) is 0 Å². The number of carboxylic acids is 1. The average Bonchev–Trinajstić information content (AvgIpc) is 2.49. The third-order valence-corrected chi connectivity index (χ3v) is 2.68. The van der Waals surface area contributed by atoms with Gasteiger partial charge in [-0.2, -0.15) is 5.26 Å². The van der Waals surface area contributed by atoms with Gasteiger partial charge >= 0.3 is 5.97 Å². The molecule has 0 aliphatic carbocycles. The summed E-state index contributed by atoms with van der Waals surface area (Å²) in [6.45, 7) is 2.76. The quantitative estimate of drug-likeness (QED) is 0.458. The highest BCUT2D eigenvalue weighted by molar-refractivity contribution is 6.06. The van der Waals surface area contributed by atoms with E-state index in [-0.39, 0.29) is 11.5 Å². The molecule has 1 atom stereocenters. The summed E-state index contributed by atoms with van der Waals surface area (Å²) < 4.78 is 0. The highest BCUT2D eigenvalue weighted by atomic mass is 16.4. The molecule has 0 saturated heterocycles. The Bertz CT molecular complexity index is 674. The smallest absolute Gasteiger partial charge is 0.325 e. The molecule has 0 aliphatic rings. The van der Waals surface area contributed by atoms with E-state index in [1.54, 1.807) is 30.3 Å². The van der Waals surface area contributed by atoms with Crippen molar-refractivity contribution in [3.63, 3.8) is 0 Å². The fourth-order valence-electron chi connectivity index (χ4n) is 1.47. The second-order valence-corrected chi connectivity index (χ2v) is 4.61. The number of nitrogens with one attached hydrogen (secondary N) is 3. The fraction of sp³-hybridized carbons (Fsp3) is 0.200. The van der Waals surface area contributed by atoms with Gasteiger partial charge in [0.1, 0.15) is 17.7 Å². The lowest BCUT2D eigenvalue weighted by Crippen LogP contribution is -2.30. The first-order valence-corrected chi connectivity index (χ1v) is 6.61. The first-order chi connectivity index (χ1) is 10.8. The number of carbonyl (C=O) groups excluding carboxylic acids is 2. The lowest BCUT2D eigenvalue weighted by molar-refractivity contribution is -0.138. The predicted molar refractivity (Wildman–Crippen MR) is 83.3 cm³/mol. The Balaban J connectivity index is 2.73. The van der Waals surface area contributed by atoms with Gasteiger partial charge in [-0.3, -0.25) is 14.4 Å². The molecule has 8 nitrogen and oxygen atoms in total. The second-order valence-electron chi connectivity index (χ2n) is 4.61. The van der Waals surface area contributed by atoms with Gasteiger partial charge in [0.05, 0.1) is 0 Å². The zero-order chi connectivity index (χ0) is 17.4. The lowest BCUT2D eigenvalue weighted by atomic mass is 10.2. The topological polar surface area (TPSA) is 131 Å². The minimum Gasteiger partial charge on any atom is -0.480 e. The van der Waals surface area contributed by atoms with E-state index in [1.165, 1.54) is 13.8 Å². The Morgan fingerprint density at radius 2 is 1.70 bits per heavy atom. The van der Waals surface area contributed by atoms with Crippen LogP contribution in [0.5, 0.6) is 0 Å². The molecule has 0 fully saturated rings. The minimum atomic E-state index is -1.10. The average molecular weight is 316 g/mol. The Labute approximate surface area is 132 Å². The van der Waals surface area contributed by atoms with Crippen molar-refractivity contribution in [2.45, 2.75) is 19.9 Å². The van der Waals surface area contributed by atoms with E-state index in [1.807, 2.05) is 0 Å². The van der Waals surface area contributed by atoms with E-state index in [2.05, 4.69) is 16.0 Å². The Morgan fingerprint density at radius 3 is 2.13 bits per heavy atom. The lowest BCUT2D eigenvalue weighted by Gasteiger charge is -2.08. The third-order valence-electron chi connectivity index (χ3n) is 2.68. The maximum absolute atomic E-state index is 11.9. The van der Waals surface area contributed by atoms with E-state index in [4.69, 9.17) is 10.4 Å². The molecule has 0 radical (unpaired) electrons.